The minimum atomic E-state index is 0.590. The Morgan fingerprint density at radius 1 is 0.933 bits per heavy atom. The normalized spacial score (nSPS) is 11.5. The maximum Gasteiger partial charge on any atom is 0.159 e. The van der Waals surface area contributed by atoms with Gasteiger partial charge in [-0.25, -0.2) is 4.98 Å². The zero-order valence-corrected chi connectivity index (χ0v) is 16.3. The third kappa shape index (κ3) is 2.64. The molecule has 0 aromatic carbocycles. The number of aromatic nitrogens is 7. The number of rotatable bonds is 3. The second-order valence-electron chi connectivity index (χ2n) is 6.85. The summed E-state index contributed by atoms with van der Waals surface area (Å²) in [6.45, 7) is 0. The van der Waals surface area contributed by atoms with Crippen LogP contribution in [0.25, 0.3) is 56.0 Å². The number of anilines is 1. The SMILES string of the molecule is Nc1cncc(-c2cc3c(-c4nc5c(-c6ccsc6)nccc5[nH]4)n[nH]c3cn2)c1. The molecule has 0 radical (unpaired) electrons. The number of hydrogen-bond acceptors (Lipinski definition) is 7. The Labute approximate surface area is 173 Å². The number of thiophene rings is 1. The number of hydrogen-bond donors (Lipinski definition) is 3. The van der Waals surface area contributed by atoms with Gasteiger partial charge in [-0.3, -0.25) is 20.1 Å². The highest BCUT2D eigenvalue weighted by Gasteiger charge is 2.17. The van der Waals surface area contributed by atoms with Crippen LogP contribution in [0, 0.1) is 0 Å². The second kappa shape index (κ2) is 6.46. The molecule has 0 fully saturated rings. The van der Waals surface area contributed by atoms with Crippen LogP contribution in [0.4, 0.5) is 5.69 Å². The predicted octanol–water partition coefficient (Wildman–Crippen LogP) is 4.27. The summed E-state index contributed by atoms with van der Waals surface area (Å²) in [6.07, 6.45) is 6.89. The number of nitrogens with two attached hydrogens (primary N) is 1. The Morgan fingerprint density at radius 3 is 2.77 bits per heavy atom. The lowest BCUT2D eigenvalue weighted by Crippen LogP contribution is -1.90. The number of aromatic amines is 2. The van der Waals surface area contributed by atoms with E-state index in [0.29, 0.717) is 11.5 Å². The minimum absolute atomic E-state index is 0.590. The van der Waals surface area contributed by atoms with Crippen LogP contribution >= 0.6 is 11.3 Å². The quantitative estimate of drug-likeness (QED) is 0.400. The van der Waals surface area contributed by atoms with E-state index < -0.39 is 0 Å². The molecular weight excluding hydrogens is 396 g/mol. The molecule has 0 aliphatic rings. The number of nitrogens with zero attached hydrogens (tertiary/aromatic N) is 5. The summed E-state index contributed by atoms with van der Waals surface area (Å²) in [5.41, 5.74) is 13.2. The Hall–Kier alpha value is -4.11. The fourth-order valence-electron chi connectivity index (χ4n) is 3.51. The summed E-state index contributed by atoms with van der Waals surface area (Å²) < 4.78 is 0. The van der Waals surface area contributed by atoms with E-state index >= 15 is 0 Å². The monoisotopic (exact) mass is 410 g/mol. The van der Waals surface area contributed by atoms with Crippen molar-refractivity contribution in [1.29, 1.82) is 0 Å². The van der Waals surface area contributed by atoms with Crippen LogP contribution < -0.4 is 5.73 Å². The molecule has 0 bridgehead atoms. The largest absolute Gasteiger partial charge is 0.397 e. The maximum atomic E-state index is 5.88. The molecule has 6 rings (SSSR count). The molecule has 6 aromatic rings. The third-order valence-corrected chi connectivity index (χ3v) is 5.61. The van der Waals surface area contributed by atoms with Crippen LogP contribution in [0.1, 0.15) is 0 Å². The van der Waals surface area contributed by atoms with Gasteiger partial charge in [0.2, 0.25) is 0 Å². The van der Waals surface area contributed by atoms with E-state index in [1.165, 1.54) is 0 Å². The number of nitrogens with one attached hydrogen (secondary N) is 2. The molecule has 0 saturated carbocycles. The molecule has 0 aliphatic heterocycles. The van der Waals surface area contributed by atoms with Crippen LogP contribution in [0.5, 0.6) is 0 Å². The molecule has 9 heteroatoms. The lowest BCUT2D eigenvalue weighted by Gasteiger charge is -2.02. The highest BCUT2D eigenvalue weighted by atomic mass is 32.1. The summed E-state index contributed by atoms with van der Waals surface area (Å²) in [4.78, 5) is 21.4. The van der Waals surface area contributed by atoms with Gasteiger partial charge in [-0.15, -0.1) is 0 Å². The molecule has 0 amide bonds. The van der Waals surface area contributed by atoms with Crippen molar-refractivity contribution >= 4 is 39.0 Å². The van der Waals surface area contributed by atoms with Gasteiger partial charge < -0.3 is 10.7 Å². The van der Waals surface area contributed by atoms with E-state index in [9.17, 15) is 0 Å². The number of pyridine rings is 3. The molecule has 0 atom stereocenters. The van der Waals surface area contributed by atoms with Crippen LogP contribution in [0.3, 0.4) is 0 Å². The highest BCUT2D eigenvalue weighted by Crippen LogP contribution is 2.32. The summed E-state index contributed by atoms with van der Waals surface area (Å²) in [7, 11) is 0. The van der Waals surface area contributed by atoms with E-state index in [-0.39, 0.29) is 0 Å². The molecule has 0 spiro atoms. The molecule has 30 heavy (non-hydrogen) atoms. The van der Waals surface area contributed by atoms with Crippen molar-refractivity contribution in [2.75, 3.05) is 5.73 Å². The average Bonchev–Trinajstić information content (AvgIpc) is 3.51. The number of fused-ring (bicyclic) bond motifs is 2. The highest BCUT2D eigenvalue weighted by molar-refractivity contribution is 7.08. The predicted molar refractivity (Wildman–Crippen MR) is 118 cm³/mol. The van der Waals surface area contributed by atoms with Crippen molar-refractivity contribution < 1.29 is 0 Å². The maximum absolute atomic E-state index is 5.88. The lowest BCUT2D eigenvalue weighted by molar-refractivity contribution is 1.10. The first-order chi connectivity index (χ1) is 14.8. The van der Waals surface area contributed by atoms with Gasteiger partial charge in [-0.1, -0.05) is 0 Å². The van der Waals surface area contributed by atoms with Gasteiger partial charge in [0.1, 0.15) is 11.2 Å². The summed E-state index contributed by atoms with van der Waals surface area (Å²) in [5.74, 6) is 0.670. The molecule has 8 nitrogen and oxygen atoms in total. The Kier molecular flexibility index (Phi) is 3.62. The molecule has 144 valence electrons. The van der Waals surface area contributed by atoms with Gasteiger partial charge in [0.15, 0.2) is 5.82 Å². The van der Waals surface area contributed by atoms with Gasteiger partial charge in [0, 0.05) is 40.5 Å². The van der Waals surface area contributed by atoms with Gasteiger partial charge in [-0.2, -0.15) is 16.4 Å². The smallest absolute Gasteiger partial charge is 0.159 e. The fourth-order valence-corrected chi connectivity index (χ4v) is 4.15. The standard InChI is InChI=1S/C21H14N8S/c22-13-5-12(7-23-8-13)16-6-14-17(9-25-16)28-29-19(14)21-26-15-1-3-24-18(20(15)27-21)11-2-4-30-10-11/h1-10H,22H2,(H,26,27)(H,28,29). The zero-order valence-electron chi connectivity index (χ0n) is 15.5. The molecule has 6 heterocycles. The average molecular weight is 410 g/mol. The lowest BCUT2D eigenvalue weighted by atomic mass is 10.1. The molecule has 0 saturated heterocycles. The van der Waals surface area contributed by atoms with Crippen LogP contribution in [-0.2, 0) is 0 Å². The number of nitrogen functional groups attached to an aromatic ring is 1. The second-order valence-corrected chi connectivity index (χ2v) is 7.63. The Morgan fingerprint density at radius 2 is 1.90 bits per heavy atom. The van der Waals surface area contributed by atoms with E-state index in [1.54, 1.807) is 36.1 Å². The van der Waals surface area contributed by atoms with Crippen molar-refractivity contribution in [1.82, 2.24) is 35.1 Å². The van der Waals surface area contributed by atoms with Gasteiger partial charge in [0.05, 0.1) is 34.3 Å². The van der Waals surface area contributed by atoms with Crippen molar-refractivity contribution in [2.45, 2.75) is 0 Å². The number of imidazole rings is 1. The van der Waals surface area contributed by atoms with Crippen LogP contribution in [-0.4, -0.2) is 35.1 Å². The first kappa shape index (κ1) is 16.8. The number of H-pyrrole nitrogens is 2. The first-order valence-electron chi connectivity index (χ1n) is 9.19. The minimum Gasteiger partial charge on any atom is -0.397 e. The topological polar surface area (TPSA) is 122 Å². The zero-order chi connectivity index (χ0) is 20.1. The Balaban J connectivity index is 1.52. The Bertz CT molecular complexity index is 1510. The molecular formula is C21H14N8S. The van der Waals surface area contributed by atoms with Crippen LogP contribution in [0.2, 0.25) is 0 Å². The van der Waals surface area contributed by atoms with Gasteiger partial charge >= 0.3 is 0 Å². The molecule has 0 unspecified atom stereocenters. The molecule has 4 N–H and O–H groups in total. The van der Waals surface area contributed by atoms with Crippen LogP contribution in [0.15, 0.2) is 59.8 Å². The molecule has 0 aliphatic carbocycles. The summed E-state index contributed by atoms with van der Waals surface area (Å²) in [6, 6.07) is 7.78. The fraction of sp³-hybridized carbons (Fsp3) is 0. The van der Waals surface area contributed by atoms with Gasteiger partial charge in [0.25, 0.3) is 0 Å². The van der Waals surface area contributed by atoms with Crippen molar-refractivity contribution in [3.05, 3.63) is 59.8 Å². The van der Waals surface area contributed by atoms with Crippen molar-refractivity contribution in [3.8, 4) is 34.0 Å². The summed E-state index contributed by atoms with van der Waals surface area (Å²) >= 11 is 1.63. The third-order valence-electron chi connectivity index (χ3n) is 4.92. The van der Waals surface area contributed by atoms with E-state index in [4.69, 9.17) is 10.7 Å². The van der Waals surface area contributed by atoms with Crippen molar-refractivity contribution in [2.24, 2.45) is 0 Å². The van der Waals surface area contributed by atoms with Crippen molar-refractivity contribution in [3.63, 3.8) is 0 Å². The summed E-state index contributed by atoms with van der Waals surface area (Å²) in [5, 5.41) is 12.5. The van der Waals surface area contributed by atoms with Gasteiger partial charge in [-0.05, 0) is 29.6 Å². The van der Waals surface area contributed by atoms with E-state index in [1.807, 2.05) is 29.6 Å². The first-order valence-corrected chi connectivity index (χ1v) is 10.1. The van der Waals surface area contributed by atoms with E-state index in [2.05, 4.69) is 35.5 Å². The molecule has 6 aromatic heterocycles. The van der Waals surface area contributed by atoms with E-state index in [0.717, 1.165) is 50.1 Å².